The Balaban J connectivity index is 1.94. The molecule has 1 amide bonds. The summed E-state index contributed by atoms with van der Waals surface area (Å²) in [6.07, 6.45) is 1.19. The average molecular weight is 289 g/mol. The molecule has 0 aliphatic carbocycles. The summed E-state index contributed by atoms with van der Waals surface area (Å²) in [4.78, 5) is 15.6. The normalized spacial score (nSPS) is 19.0. The molecule has 1 atom stereocenters. The van der Waals surface area contributed by atoms with Gasteiger partial charge in [0, 0.05) is 51.4 Å². The van der Waals surface area contributed by atoms with Crippen molar-refractivity contribution in [2.45, 2.75) is 45.8 Å². The van der Waals surface area contributed by atoms with Gasteiger partial charge < -0.3 is 10.2 Å². The number of rotatable bonds is 5. The maximum Gasteiger partial charge on any atom is 0.219 e. The van der Waals surface area contributed by atoms with E-state index in [0.29, 0.717) is 18.6 Å². The molecule has 0 saturated carbocycles. The summed E-state index contributed by atoms with van der Waals surface area (Å²) in [7, 11) is 1.83. The zero-order valence-corrected chi connectivity index (χ0v) is 13.6. The van der Waals surface area contributed by atoms with E-state index < -0.39 is 0 Å². The minimum Gasteiger partial charge on any atom is -0.381 e. The van der Waals surface area contributed by atoms with Crippen molar-refractivity contribution in [3.05, 3.63) is 29.8 Å². The van der Waals surface area contributed by atoms with Gasteiger partial charge in [-0.2, -0.15) is 0 Å². The average Bonchev–Trinajstić information content (AvgIpc) is 2.87. The molecule has 116 valence electrons. The van der Waals surface area contributed by atoms with Crippen molar-refractivity contribution in [1.29, 1.82) is 0 Å². The number of nitrogens with one attached hydrogen (secondary N) is 1. The summed E-state index contributed by atoms with van der Waals surface area (Å²) in [6, 6.07) is 9.52. The van der Waals surface area contributed by atoms with Crippen molar-refractivity contribution in [2.75, 3.05) is 25.5 Å². The van der Waals surface area contributed by atoms with Crippen molar-refractivity contribution in [1.82, 2.24) is 9.80 Å². The van der Waals surface area contributed by atoms with Gasteiger partial charge in [0.2, 0.25) is 5.91 Å². The Bertz CT molecular complexity index is 487. The molecule has 0 aromatic heterocycles. The number of hydrogen-bond donors (Lipinski definition) is 1. The highest BCUT2D eigenvalue weighted by atomic mass is 16.2. The minimum absolute atomic E-state index is 0.0942. The molecule has 0 bridgehead atoms. The molecule has 1 N–H and O–H groups in total. The summed E-state index contributed by atoms with van der Waals surface area (Å²) < 4.78 is 0. The van der Waals surface area contributed by atoms with Gasteiger partial charge in [-0.25, -0.2) is 0 Å². The number of nitrogens with zero attached hydrogens (tertiary/aromatic N) is 2. The third-order valence-corrected chi connectivity index (χ3v) is 4.21. The first-order chi connectivity index (χ1) is 9.95. The lowest BCUT2D eigenvalue weighted by atomic mass is 10.1. The Labute approximate surface area is 128 Å². The molecule has 4 heteroatoms. The van der Waals surface area contributed by atoms with E-state index in [2.05, 4.69) is 48.3 Å². The third-order valence-electron chi connectivity index (χ3n) is 4.21. The van der Waals surface area contributed by atoms with Crippen LogP contribution in [0, 0.1) is 0 Å². The lowest BCUT2D eigenvalue weighted by Crippen LogP contribution is -2.31. The van der Waals surface area contributed by atoms with E-state index in [0.717, 1.165) is 17.8 Å². The summed E-state index contributed by atoms with van der Waals surface area (Å²) in [5, 5.41) is 3.62. The number of amides is 1. The van der Waals surface area contributed by atoms with E-state index in [-0.39, 0.29) is 5.91 Å². The molecule has 1 aromatic rings. The summed E-state index contributed by atoms with van der Waals surface area (Å²) in [5.41, 5.74) is 2.32. The molecule has 2 rings (SSSR count). The van der Waals surface area contributed by atoms with E-state index >= 15 is 0 Å². The van der Waals surface area contributed by atoms with Crippen molar-refractivity contribution >= 4 is 11.6 Å². The SMILES string of the molecule is CC(=O)N(C)Cc1cccc(NC2CCN(C(C)C)C2)c1. The van der Waals surface area contributed by atoms with Crippen molar-refractivity contribution < 1.29 is 4.79 Å². The second kappa shape index (κ2) is 6.94. The maximum atomic E-state index is 11.3. The smallest absolute Gasteiger partial charge is 0.219 e. The van der Waals surface area contributed by atoms with Gasteiger partial charge in [-0.3, -0.25) is 9.69 Å². The van der Waals surface area contributed by atoms with Crippen LogP contribution in [0.2, 0.25) is 0 Å². The van der Waals surface area contributed by atoms with Gasteiger partial charge in [0.25, 0.3) is 0 Å². The minimum atomic E-state index is 0.0942. The van der Waals surface area contributed by atoms with Gasteiger partial charge in [-0.05, 0) is 38.0 Å². The molecular weight excluding hydrogens is 262 g/mol. The van der Waals surface area contributed by atoms with Crippen LogP contribution in [0.15, 0.2) is 24.3 Å². The summed E-state index contributed by atoms with van der Waals surface area (Å²) >= 11 is 0. The lowest BCUT2D eigenvalue weighted by molar-refractivity contribution is -0.128. The van der Waals surface area contributed by atoms with Crippen molar-refractivity contribution in [2.24, 2.45) is 0 Å². The molecule has 0 radical (unpaired) electrons. The summed E-state index contributed by atoms with van der Waals surface area (Å²) in [6.45, 7) is 9.04. The fraction of sp³-hybridized carbons (Fsp3) is 0.588. The van der Waals surface area contributed by atoms with Crippen LogP contribution in [0.5, 0.6) is 0 Å². The highest BCUT2D eigenvalue weighted by molar-refractivity contribution is 5.72. The molecule has 1 aliphatic heterocycles. The number of hydrogen-bond acceptors (Lipinski definition) is 3. The molecule has 21 heavy (non-hydrogen) atoms. The highest BCUT2D eigenvalue weighted by Crippen LogP contribution is 2.19. The Hall–Kier alpha value is -1.55. The Morgan fingerprint density at radius 2 is 2.24 bits per heavy atom. The van der Waals surface area contributed by atoms with Gasteiger partial charge in [0.15, 0.2) is 0 Å². The predicted octanol–water partition coefficient (Wildman–Crippen LogP) is 2.56. The van der Waals surface area contributed by atoms with E-state index in [1.54, 1.807) is 11.8 Å². The molecule has 1 fully saturated rings. The van der Waals surface area contributed by atoms with E-state index in [4.69, 9.17) is 0 Å². The van der Waals surface area contributed by atoms with Crippen LogP contribution in [-0.2, 0) is 11.3 Å². The molecule has 1 saturated heterocycles. The van der Waals surface area contributed by atoms with Gasteiger partial charge in [0.1, 0.15) is 0 Å². The Kier molecular flexibility index (Phi) is 5.23. The van der Waals surface area contributed by atoms with Crippen LogP contribution in [0.1, 0.15) is 32.8 Å². The molecule has 1 heterocycles. The number of anilines is 1. The number of carbonyl (C=O) groups is 1. The second-order valence-corrected chi connectivity index (χ2v) is 6.29. The molecule has 4 nitrogen and oxygen atoms in total. The monoisotopic (exact) mass is 289 g/mol. The fourth-order valence-electron chi connectivity index (χ4n) is 2.75. The van der Waals surface area contributed by atoms with E-state index in [9.17, 15) is 4.79 Å². The first kappa shape index (κ1) is 15.8. The lowest BCUT2D eigenvalue weighted by Gasteiger charge is -2.21. The molecule has 1 aliphatic rings. The number of carbonyl (C=O) groups excluding carboxylic acids is 1. The Morgan fingerprint density at radius 3 is 2.86 bits per heavy atom. The predicted molar refractivity (Wildman–Crippen MR) is 87.3 cm³/mol. The van der Waals surface area contributed by atoms with Gasteiger partial charge in [-0.1, -0.05) is 12.1 Å². The van der Waals surface area contributed by atoms with E-state index in [1.807, 2.05) is 7.05 Å². The van der Waals surface area contributed by atoms with Crippen molar-refractivity contribution in [3.8, 4) is 0 Å². The first-order valence-electron chi connectivity index (χ1n) is 7.77. The first-order valence-corrected chi connectivity index (χ1v) is 7.77. The largest absolute Gasteiger partial charge is 0.381 e. The third kappa shape index (κ3) is 4.46. The second-order valence-electron chi connectivity index (χ2n) is 6.29. The fourth-order valence-corrected chi connectivity index (χ4v) is 2.75. The van der Waals surface area contributed by atoms with Crippen LogP contribution in [-0.4, -0.2) is 47.9 Å². The van der Waals surface area contributed by atoms with Crippen LogP contribution < -0.4 is 5.32 Å². The highest BCUT2D eigenvalue weighted by Gasteiger charge is 2.23. The van der Waals surface area contributed by atoms with Crippen LogP contribution in [0.3, 0.4) is 0 Å². The standard InChI is InChI=1S/C17H27N3O/c1-13(2)20-9-8-17(12-20)18-16-7-5-6-15(10-16)11-19(4)14(3)21/h5-7,10,13,17-18H,8-9,11-12H2,1-4H3. The zero-order valence-electron chi connectivity index (χ0n) is 13.6. The zero-order chi connectivity index (χ0) is 15.4. The van der Waals surface area contributed by atoms with Crippen molar-refractivity contribution in [3.63, 3.8) is 0 Å². The molecule has 1 unspecified atom stereocenters. The van der Waals surface area contributed by atoms with Crippen LogP contribution in [0.25, 0.3) is 0 Å². The number of likely N-dealkylation sites (tertiary alicyclic amines) is 1. The summed E-state index contributed by atoms with van der Waals surface area (Å²) in [5.74, 6) is 0.0942. The van der Waals surface area contributed by atoms with Gasteiger partial charge >= 0.3 is 0 Å². The Morgan fingerprint density at radius 1 is 1.48 bits per heavy atom. The van der Waals surface area contributed by atoms with Crippen LogP contribution in [0.4, 0.5) is 5.69 Å². The molecular formula is C17H27N3O. The van der Waals surface area contributed by atoms with Crippen LogP contribution >= 0.6 is 0 Å². The maximum absolute atomic E-state index is 11.3. The molecule has 1 aromatic carbocycles. The van der Waals surface area contributed by atoms with Gasteiger partial charge in [-0.15, -0.1) is 0 Å². The quantitative estimate of drug-likeness (QED) is 0.905. The molecule has 0 spiro atoms. The number of benzene rings is 1. The van der Waals surface area contributed by atoms with E-state index in [1.165, 1.54) is 13.0 Å². The topological polar surface area (TPSA) is 35.6 Å². The van der Waals surface area contributed by atoms with Gasteiger partial charge in [0.05, 0.1) is 0 Å².